The first-order valence-electron chi connectivity index (χ1n) is 7.93. The predicted octanol–water partition coefficient (Wildman–Crippen LogP) is 5.98. The van der Waals surface area contributed by atoms with Crippen molar-refractivity contribution in [3.63, 3.8) is 0 Å². The van der Waals surface area contributed by atoms with Gasteiger partial charge in [-0.2, -0.15) is 0 Å². The maximum Gasteiger partial charge on any atom is 0.145 e. The molecule has 0 aliphatic heterocycles. The molecule has 1 aromatic rings. The van der Waals surface area contributed by atoms with E-state index in [0.717, 1.165) is 38.6 Å². The van der Waals surface area contributed by atoms with Crippen LogP contribution in [-0.4, -0.2) is 6.54 Å². The first kappa shape index (κ1) is 18.6. The molecule has 21 heavy (non-hydrogen) atoms. The van der Waals surface area contributed by atoms with E-state index in [0.29, 0.717) is 4.47 Å². The number of hydrogen-bond acceptors (Lipinski definition) is 1. The minimum Gasteiger partial charge on any atom is -0.310 e. The highest BCUT2D eigenvalue weighted by atomic mass is 79.9. The molecule has 4 heteroatoms. The lowest BCUT2D eigenvalue weighted by Gasteiger charge is -2.29. The molecule has 0 amide bonds. The Kier molecular flexibility index (Phi) is 8.42. The third-order valence-electron chi connectivity index (χ3n) is 3.93. The zero-order valence-electron chi connectivity index (χ0n) is 13.2. The number of hydrogen-bond donors (Lipinski definition) is 1. The highest BCUT2D eigenvalue weighted by molar-refractivity contribution is 9.10. The van der Waals surface area contributed by atoms with Crippen LogP contribution in [0.4, 0.5) is 8.78 Å². The van der Waals surface area contributed by atoms with E-state index < -0.39 is 11.6 Å². The van der Waals surface area contributed by atoms with Crippen LogP contribution in [0.5, 0.6) is 0 Å². The standard InChI is InChI=1S/C17H26BrF2N/c1-4-7-8-12(6-3)17(21-11-5-2)15-14(19)10-9-13(18)16(15)20/h9-10,12,17,21H,4-8,11H2,1-3H3. The number of rotatable bonds is 9. The minimum absolute atomic E-state index is 0.181. The van der Waals surface area contributed by atoms with Gasteiger partial charge < -0.3 is 5.32 Å². The van der Waals surface area contributed by atoms with Crippen LogP contribution in [0.2, 0.25) is 0 Å². The van der Waals surface area contributed by atoms with Gasteiger partial charge in [-0.1, -0.05) is 40.0 Å². The van der Waals surface area contributed by atoms with E-state index >= 15 is 0 Å². The molecule has 0 bridgehead atoms. The lowest BCUT2D eigenvalue weighted by molar-refractivity contribution is 0.307. The zero-order valence-corrected chi connectivity index (χ0v) is 14.8. The minimum atomic E-state index is -0.474. The zero-order chi connectivity index (χ0) is 15.8. The summed E-state index contributed by atoms with van der Waals surface area (Å²) in [5, 5.41) is 3.35. The van der Waals surface area contributed by atoms with E-state index in [9.17, 15) is 8.78 Å². The van der Waals surface area contributed by atoms with Crippen LogP contribution in [0.25, 0.3) is 0 Å². The lowest BCUT2D eigenvalue weighted by Crippen LogP contribution is -2.30. The van der Waals surface area contributed by atoms with E-state index in [2.05, 4.69) is 42.0 Å². The quantitative estimate of drug-likeness (QED) is 0.533. The van der Waals surface area contributed by atoms with Crippen molar-refractivity contribution >= 4 is 15.9 Å². The van der Waals surface area contributed by atoms with Crippen LogP contribution in [-0.2, 0) is 0 Å². The van der Waals surface area contributed by atoms with Crippen molar-refractivity contribution in [1.29, 1.82) is 0 Å². The molecule has 2 unspecified atom stereocenters. The van der Waals surface area contributed by atoms with E-state index in [4.69, 9.17) is 0 Å². The van der Waals surface area contributed by atoms with Gasteiger partial charge in [-0.15, -0.1) is 0 Å². The summed E-state index contributed by atoms with van der Waals surface area (Å²) in [6.45, 7) is 7.06. The highest BCUT2D eigenvalue weighted by Crippen LogP contribution is 2.34. The molecule has 120 valence electrons. The van der Waals surface area contributed by atoms with E-state index in [-0.39, 0.29) is 17.5 Å². The molecule has 0 saturated carbocycles. The fourth-order valence-electron chi connectivity index (χ4n) is 2.70. The Balaban J connectivity index is 3.14. The number of benzene rings is 1. The lowest BCUT2D eigenvalue weighted by atomic mass is 9.86. The van der Waals surface area contributed by atoms with Crippen molar-refractivity contribution < 1.29 is 8.78 Å². The molecule has 1 N–H and O–H groups in total. The average molecular weight is 362 g/mol. The Morgan fingerprint density at radius 2 is 1.86 bits per heavy atom. The predicted molar refractivity (Wildman–Crippen MR) is 88.4 cm³/mol. The molecule has 0 spiro atoms. The summed E-state index contributed by atoms with van der Waals surface area (Å²) < 4.78 is 29.0. The van der Waals surface area contributed by atoms with Crippen LogP contribution < -0.4 is 5.32 Å². The first-order valence-corrected chi connectivity index (χ1v) is 8.72. The van der Waals surface area contributed by atoms with Crippen LogP contribution >= 0.6 is 15.9 Å². The van der Waals surface area contributed by atoms with Crippen LogP contribution in [0, 0.1) is 17.6 Å². The van der Waals surface area contributed by atoms with Gasteiger partial charge in [-0.05, 0) is 53.4 Å². The summed E-state index contributed by atoms with van der Waals surface area (Å²) in [5.41, 5.74) is 0.181. The molecule has 0 radical (unpaired) electrons. The molecule has 0 heterocycles. The van der Waals surface area contributed by atoms with Crippen molar-refractivity contribution in [1.82, 2.24) is 5.32 Å². The molecule has 0 aliphatic rings. The van der Waals surface area contributed by atoms with E-state index in [1.165, 1.54) is 12.1 Å². The average Bonchev–Trinajstić information content (AvgIpc) is 2.48. The van der Waals surface area contributed by atoms with Gasteiger partial charge >= 0.3 is 0 Å². The van der Waals surface area contributed by atoms with Crippen LogP contribution in [0.3, 0.4) is 0 Å². The number of unbranched alkanes of at least 4 members (excludes halogenated alkanes) is 1. The third-order valence-corrected chi connectivity index (χ3v) is 4.54. The van der Waals surface area contributed by atoms with Gasteiger partial charge in [0.15, 0.2) is 0 Å². The number of halogens is 3. The summed E-state index contributed by atoms with van der Waals surface area (Å²) >= 11 is 3.17. The van der Waals surface area contributed by atoms with E-state index in [1.807, 2.05) is 0 Å². The Labute approximate surface area is 135 Å². The normalized spacial score (nSPS) is 14.2. The molecule has 0 saturated heterocycles. The molecule has 2 atom stereocenters. The van der Waals surface area contributed by atoms with Crippen molar-refractivity contribution in [2.24, 2.45) is 5.92 Å². The number of nitrogens with one attached hydrogen (secondary N) is 1. The molecule has 1 aromatic carbocycles. The monoisotopic (exact) mass is 361 g/mol. The molecule has 1 nitrogen and oxygen atoms in total. The topological polar surface area (TPSA) is 12.0 Å². The largest absolute Gasteiger partial charge is 0.310 e. The fourth-order valence-corrected chi connectivity index (χ4v) is 3.05. The summed E-state index contributed by atoms with van der Waals surface area (Å²) in [5.74, 6) is -0.687. The Morgan fingerprint density at radius 1 is 1.14 bits per heavy atom. The SMILES string of the molecule is CCCCC(CC)C(NCCC)c1c(F)ccc(Br)c1F. The van der Waals surface area contributed by atoms with Crippen molar-refractivity contribution in [2.75, 3.05) is 6.54 Å². The van der Waals surface area contributed by atoms with Gasteiger partial charge in [0.2, 0.25) is 0 Å². The summed E-state index contributed by atoms with van der Waals surface area (Å²) in [4.78, 5) is 0. The Morgan fingerprint density at radius 3 is 2.43 bits per heavy atom. The van der Waals surface area contributed by atoms with Crippen molar-refractivity contribution in [3.05, 3.63) is 33.8 Å². The van der Waals surface area contributed by atoms with Crippen LogP contribution in [0.15, 0.2) is 16.6 Å². The van der Waals surface area contributed by atoms with Gasteiger partial charge in [0.1, 0.15) is 11.6 Å². The third kappa shape index (κ3) is 5.03. The van der Waals surface area contributed by atoms with Gasteiger partial charge in [0.25, 0.3) is 0 Å². The molecule has 0 fully saturated rings. The second-order valence-electron chi connectivity index (χ2n) is 5.50. The molecule has 0 aromatic heterocycles. The molecular weight excluding hydrogens is 336 g/mol. The van der Waals surface area contributed by atoms with Gasteiger partial charge in [-0.25, -0.2) is 8.78 Å². The first-order chi connectivity index (χ1) is 10.1. The smallest absolute Gasteiger partial charge is 0.145 e. The summed E-state index contributed by atoms with van der Waals surface area (Å²) in [6.07, 6.45) is 5.02. The van der Waals surface area contributed by atoms with Crippen LogP contribution in [0.1, 0.15) is 64.5 Å². The Bertz CT molecular complexity index is 437. The summed E-state index contributed by atoms with van der Waals surface area (Å²) in [7, 11) is 0. The second kappa shape index (κ2) is 9.52. The second-order valence-corrected chi connectivity index (χ2v) is 6.35. The van der Waals surface area contributed by atoms with Crippen molar-refractivity contribution in [3.8, 4) is 0 Å². The maximum absolute atomic E-state index is 14.4. The highest BCUT2D eigenvalue weighted by Gasteiger charge is 2.27. The van der Waals surface area contributed by atoms with Gasteiger partial charge in [0, 0.05) is 11.6 Å². The fraction of sp³-hybridized carbons (Fsp3) is 0.647. The maximum atomic E-state index is 14.4. The molecular formula is C17H26BrF2N. The molecule has 1 rings (SSSR count). The van der Waals surface area contributed by atoms with E-state index in [1.54, 1.807) is 0 Å². The molecule has 0 aliphatic carbocycles. The van der Waals surface area contributed by atoms with Crippen molar-refractivity contribution in [2.45, 2.75) is 58.9 Å². The van der Waals surface area contributed by atoms with Gasteiger partial charge in [-0.3, -0.25) is 0 Å². The Hall–Kier alpha value is -0.480. The summed E-state index contributed by atoms with van der Waals surface area (Å²) in [6, 6.07) is 2.51. The van der Waals surface area contributed by atoms with Gasteiger partial charge in [0.05, 0.1) is 4.47 Å².